The van der Waals surface area contributed by atoms with Crippen LogP contribution in [0, 0.1) is 0 Å². The van der Waals surface area contributed by atoms with E-state index in [1.807, 2.05) is 6.07 Å². The van der Waals surface area contributed by atoms with Gasteiger partial charge in [0.25, 0.3) is 0 Å². The highest BCUT2D eigenvalue weighted by Crippen LogP contribution is 2.48. The van der Waals surface area contributed by atoms with Crippen LogP contribution >= 0.6 is 23.1 Å². The first-order valence-corrected chi connectivity index (χ1v) is 10.3. The molecule has 1 aliphatic heterocycles. The van der Waals surface area contributed by atoms with Crippen molar-refractivity contribution >= 4 is 29.0 Å². The molecule has 0 spiro atoms. The maximum atomic E-state index is 13.1. The average molecular weight is 334 g/mol. The van der Waals surface area contributed by atoms with Crippen LogP contribution in [0.3, 0.4) is 0 Å². The van der Waals surface area contributed by atoms with Gasteiger partial charge >= 0.3 is 0 Å². The lowest BCUT2D eigenvalue weighted by molar-refractivity contribution is -0.131. The third kappa shape index (κ3) is 2.76. The molecule has 1 aromatic heterocycles. The fraction of sp³-hybridized carbons (Fsp3) is 0.611. The van der Waals surface area contributed by atoms with Crippen molar-refractivity contribution in [2.24, 2.45) is 0 Å². The summed E-state index contributed by atoms with van der Waals surface area (Å²) < 4.78 is 0. The summed E-state index contributed by atoms with van der Waals surface area (Å²) in [6.45, 7) is 0. The highest BCUT2D eigenvalue weighted by molar-refractivity contribution is 8.03. The Morgan fingerprint density at radius 2 is 2.05 bits per heavy atom. The zero-order chi connectivity index (χ0) is 14.9. The Hall–Kier alpha value is -0.740. The summed E-state index contributed by atoms with van der Waals surface area (Å²) in [5.74, 6) is 0.342. The molecule has 0 radical (unpaired) electrons. The van der Waals surface area contributed by atoms with E-state index in [9.17, 15) is 4.79 Å². The normalized spacial score (nSPS) is 28.3. The van der Waals surface area contributed by atoms with Crippen LogP contribution < -0.4 is 0 Å². The number of carbonyl (C=O) groups is 1. The number of fused-ring (bicyclic) bond motifs is 1. The summed E-state index contributed by atoms with van der Waals surface area (Å²) in [7, 11) is 0. The summed E-state index contributed by atoms with van der Waals surface area (Å²) in [6, 6.07) is 4.60. The molecule has 2 heterocycles. The molecule has 1 fully saturated rings. The van der Waals surface area contributed by atoms with Gasteiger partial charge in [-0.1, -0.05) is 18.9 Å². The van der Waals surface area contributed by atoms with Crippen molar-refractivity contribution in [3.8, 4) is 0 Å². The highest BCUT2D eigenvalue weighted by Gasteiger charge is 2.41. The molecule has 2 nitrogen and oxygen atoms in total. The second-order valence-electron chi connectivity index (χ2n) is 6.60. The number of thioether (sulfide) groups is 1. The molecule has 2 aliphatic carbocycles. The molecular weight excluding hydrogens is 310 g/mol. The second-order valence-corrected chi connectivity index (χ2v) is 8.97. The van der Waals surface area contributed by atoms with Crippen LogP contribution in [0.5, 0.6) is 0 Å². The number of nitrogens with zero attached hydrogens (tertiary/aromatic N) is 1. The minimum Gasteiger partial charge on any atom is -0.311 e. The predicted molar refractivity (Wildman–Crippen MR) is 94.0 cm³/mol. The van der Waals surface area contributed by atoms with Gasteiger partial charge in [0, 0.05) is 26.8 Å². The first-order valence-electron chi connectivity index (χ1n) is 8.56. The molecule has 0 bridgehead atoms. The van der Waals surface area contributed by atoms with Gasteiger partial charge in [-0.15, -0.1) is 23.1 Å². The van der Waals surface area contributed by atoms with E-state index in [-0.39, 0.29) is 0 Å². The second kappa shape index (κ2) is 6.40. The van der Waals surface area contributed by atoms with Gasteiger partial charge in [-0.2, -0.15) is 0 Å². The fourth-order valence-corrected chi connectivity index (χ4v) is 6.48. The Balaban J connectivity index is 1.64. The van der Waals surface area contributed by atoms with Crippen LogP contribution in [-0.2, 0) is 11.2 Å². The molecule has 0 aromatic carbocycles. The number of carbonyl (C=O) groups excluding carboxylic acids is 1. The van der Waals surface area contributed by atoms with Crippen LogP contribution in [-0.4, -0.2) is 22.1 Å². The van der Waals surface area contributed by atoms with Crippen molar-refractivity contribution in [1.82, 2.24) is 4.90 Å². The Kier molecular flexibility index (Phi) is 4.32. The Labute approximate surface area is 141 Å². The first kappa shape index (κ1) is 14.8. The monoisotopic (exact) mass is 333 g/mol. The summed E-state index contributed by atoms with van der Waals surface area (Å²) >= 11 is 3.82. The van der Waals surface area contributed by atoms with Gasteiger partial charge in [0.05, 0.1) is 6.42 Å². The third-order valence-corrected chi connectivity index (χ3v) is 7.60. The molecule has 2 unspecified atom stereocenters. The molecule has 1 amide bonds. The molecule has 4 heteroatoms. The molecule has 1 saturated carbocycles. The van der Waals surface area contributed by atoms with Crippen LogP contribution in [0.1, 0.15) is 56.2 Å². The molecule has 22 heavy (non-hydrogen) atoms. The van der Waals surface area contributed by atoms with Gasteiger partial charge in [0.1, 0.15) is 0 Å². The lowest BCUT2D eigenvalue weighted by atomic mass is 9.90. The zero-order valence-corrected chi connectivity index (χ0v) is 14.6. The molecule has 4 rings (SSSR count). The smallest absolute Gasteiger partial charge is 0.232 e. The van der Waals surface area contributed by atoms with Crippen molar-refractivity contribution in [1.29, 1.82) is 0 Å². The van der Waals surface area contributed by atoms with Crippen molar-refractivity contribution in [2.45, 2.75) is 69.1 Å². The van der Waals surface area contributed by atoms with E-state index >= 15 is 0 Å². The molecule has 3 aliphatic rings. The minimum atomic E-state index is 0.342. The van der Waals surface area contributed by atoms with Crippen LogP contribution in [0.25, 0.3) is 0 Å². The summed E-state index contributed by atoms with van der Waals surface area (Å²) in [6.07, 6.45) is 10.6. The number of thiophene rings is 1. The van der Waals surface area contributed by atoms with E-state index in [0.717, 1.165) is 6.42 Å². The number of rotatable bonds is 2. The Morgan fingerprint density at radius 1 is 1.18 bits per heavy atom. The van der Waals surface area contributed by atoms with Gasteiger partial charge in [-0.3, -0.25) is 4.79 Å². The van der Waals surface area contributed by atoms with Crippen LogP contribution in [0.2, 0.25) is 0 Å². The molecule has 0 N–H and O–H groups in total. The van der Waals surface area contributed by atoms with E-state index < -0.39 is 0 Å². The van der Waals surface area contributed by atoms with E-state index in [0.29, 0.717) is 23.6 Å². The molecular formula is C18H23NOS2. The van der Waals surface area contributed by atoms with E-state index in [4.69, 9.17) is 0 Å². The van der Waals surface area contributed by atoms with E-state index in [1.54, 1.807) is 11.3 Å². The van der Waals surface area contributed by atoms with Crippen molar-refractivity contribution in [3.05, 3.63) is 33.0 Å². The highest BCUT2D eigenvalue weighted by atomic mass is 32.2. The van der Waals surface area contributed by atoms with Crippen LogP contribution in [0.15, 0.2) is 28.1 Å². The zero-order valence-electron chi connectivity index (χ0n) is 12.9. The summed E-state index contributed by atoms with van der Waals surface area (Å²) in [5, 5.41) is 2.72. The van der Waals surface area contributed by atoms with E-state index in [2.05, 4.69) is 28.1 Å². The largest absolute Gasteiger partial charge is 0.311 e. The Morgan fingerprint density at radius 3 is 2.91 bits per heavy atom. The summed E-state index contributed by atoms with van der Waals surface area (Å²) in [4.78, 5) is 18.1. The average Bonchev–Trinajstić information content (AvgIpc) is 3.05. The van der Waals surface area contributed by atoms with Gasteiger partial charge in [-0.25, -0.2) is 0 Å². The number of hydrogen-bond acceptors (Lipinski definition) is 3. The first-order chi connectivity index (χ1) is 10.8. The molecule has 118 valence electrons. The third-order valence-electron chi connectivity index (χ3n) is 5.15. The maximum Gasteiger partial charge on any atom is 0.232 e. The number of hydrogen-bond donors (Lipinski definition) is 0. The standard InChI is InChI=1S/C18H23NOS2/c20-18(12-13-6-5-11-21-13)19-14-7-1-3-9-16(14)22-17-10-4-2-8-15(17)19/h5-6,11,14,16H,1-4,7-10,12H2. The van der Waals surface area contributed by atoms with Gasteiger partial charge in [0.15, 0.2) is 0 Å². The number of amides is 1. The predicted octanol–water partition coefficient (Wildman–Crippen LogP) is 4.96. The fourth-order valence-electron chi connectivity index (χ4n) is 4.12. The van der Waals surface area contributed by atoms with Crippen LogP contribution in [0.4, 0.5) is 0 Å². The Bertz CT molecular complexity index is 578. The topological polar surface area (TPSA) is 20.3 Å². The molecule has 1 aromatic rings. The SMILES string of the molecule is O=C(Cc1cccs1)N1C2=C(CCCC2)SC2CCCCC21. The quantitative estimate of drug-likeness (QED) is 0.762. The lowest BCUT2D eigenvalue weighted by Crippen LogP contribution is -2.50. The van der Waals surface area contributed by atoms with Gasteiger partial charge < -0.3 is 4.90 Å². The lowest BCUT2D eigenvalue weighted by Gasteiger charge is -2.47. The molecule has 0 saturated heterocycles. The summed E-state index contributed by atoms with van der Waals surface area (Å²) in [5.41, 5.74) is 1.39. The number of allylic oxidation sites excluding steroid dienone is 2. The van der Waals surface area contributed by atoms with Crippen molar-refractivity contribution in [3.63, 3.8) is 0 Å². The van der Waals surface area contributed by atoms with Gasteiger partial charge in [-0.05, 0) is 50.0 Å². The van der Waals surface area contributed by atoms with Crippen molar-refractivity contribution in [2.75, 3.05) is 0 Å². The van der Waals surface area contributed by atoms with E-state index in [1.165, 1.54) is 60.4 Å². The van der Waals surface area contributed by atoms with Crippen molar-refractivity contribution < 1.29 is 4.79 Å². The minimum absolute atomic E-state index is 0.342. The molecule has 2 atom stereocenters. The maximum absolute atomic E-state index is 13.1. The van der Waals surface area contributed by atoms with Gasteiger partial charge in [0.2, 0.25) is 5.91 Å².